The summed E-state index contributed by atoms with van der Waals surface area (Å²) >= 11 is 3.41. The first-order valence-electron chi connectivity index (χ1n) is 9.13. The molecule has 0 amide bonds. The van der Waals surface area contributed by atoms with Gasteiger partial charge in [-0.3, -0.25) is 4.90 Å². The van der Waals surface area contributed by atoms with Crippen LogP contribution in [-0.4, -0.2) is 48.5 Å². The van der Waals surface area contributed by atoms with Crippen LogP contribution in [0.3, 0.4) is 0 Å². The summed E-state index contributed by atoms with van der Waals surface area (Å²) in [6.07, 6.45) is 1.93. The molecule has 2 aromatic carbocycles. The first-order valence-corrected chi connectivity index (χ1v) is 9.92. The molecule has 0 radical (unpaired) electrons. The molecule has 26 heavy (non-hydrogen) atoms. The van der Waals surface area contributed by atoms with Gasteiger partial charge in [-0.05, 0) is 42.7 Å². The van der Waals surface area contributed by atoms with Gasteiger partial charge >= 0.3 is 0 Å². The molecular formula is C21H26BrNO3. The van der Waals surface area contributed by atoms with Crippen LogP contribution < -0.4 is 4.74 Å². The van der Waals surface area contributed by atoms with E-state index >= 15 is 0 Å². The number of ether oxygens (including phenoxy) is 2. The number of hydrogen-bond donors (Lipinski definition) is 1. The third-order valence-corrected chi connectivity index (χ3v) is 4.99. The Morgan fingerprint density at radius 1 is 1.15 bits per heavy atom. The zero-order chi connectivity index (χ0) is 18.2. The zero-order valence-electron chi connectivity index (χ0n) is 14.9. The molecular weight excluding hydrogens is 394 g/mol. The van der Waals surface area contributed by atoms with Crippen LogP contribution >= 0.6 is 15.9 Å². The van der Waals surface area contributed by atoms with Crippen LogP contribution in [0.4, 0.5) is 0 Å². The normalized spacial score (nSPS) is 18.2. The van der Waals surface area contributed by atoms with Crippen molar-refractivity contribution in [2.24, 2.45) is 0 Å². The van der Waals surface area contributed by atoms with Crippen LogP contribution in [0.25, 0.3) is 0 Å². The van der Waals surface area contributed by atoms with E-state index in [1.807, 2.05) is 42.5 Å². The fourth-order valence-corrected chi connectivity index (χ4v) is 3.46. The quantitative estimate of drug-likeness (QED) is 0.669. The smallest absolute Gasteiger partial charge is 0.119 e. The lowest BCUT2D eigenvalue weighted by atomic mass is 10.1. The lowest BCUT2D eigenvalue weighted by Gasteiger charge is -2.27. The highest BCUT2D eigenvalue weighted by Gasteiger charge is 2.21. The lowest BCUT2D eigenvalue weighted by Crippen LogP contribution is -2.39. The van der Waals surface area contributed by atoms with Gasteiger partial charge in [0.25, 0.3) is 0 Å². The second-order valence-corrected chi connectivity index (χ2v) is 7.65. The summed E-state index contributed by atoms with van der Waals surface area (Å²) in [6.45, 7) is 3.32. The number of aliphatic hydroxyl groups excluding tert-OH is 1. The molecule has 1 saturated heterocycles. The van der Waals surface area contributed by atoms with Crippen molar-refractivity contribution in [3.05, 3.63) is 64.6 Å². The Morgan fingerprint density at radius 3 is 2.62 bits per heavy atom. The van der Waals surface area contributed by atoms with Gasteiger partial charge in [-0.15, -0.1) is 0 Å². The van der Waals surface area contributed by atoms with Crippen molar-refractivity contribution >= 4 is 15.9 Å². The number of hydrogen-bond acceptors (Lipinski definition) is 4. The highest BCUT2D eigenvalue weighted by molar-refractivity contribution is 9.10. The number of aliphatic hydroxyl groups is 1. The lowest BCUT2D eigenvalue weighted by molar-refractivity contribution is 0.0313. The van der Waals surface area contributed by atoms with Gasteiger partial charge in [0.1, 0.15) is 18.5 Å². The Kier molecular flexibility index (Phi) is 7.50. The summed E-state index contributed by atoms with van der Waals surface area (Å²) in [7, 11) is 0. The molecule has 0 saturated carbocycles. The predicted molar refractivity (Wildman–Crippen MR) is 106 cm³/mol. The van der Waals surface area contributed by atoms with Crippen LogP contribution in [0.1, 0.15) is 18.4 Å². The summed E-state index contributed by atoms with van der Waals surface area (Å²) in [4.78, 5) is 2.26. The molecule has 2 aromatic rings. The Morgan fingerprint density at radius 2 is 1.92 bits per heavy atom. The Hall–Kier alpha value is -1.40. The number of rotatable bonds is 9. The largest absolute Gasteiger partial charge is 0.491 e. The summed E-state index contributed by atoms with van der Waals surface area (Å²) in [5, 5.41) is 10.5. The van der Waals surface area contributed by atoms with Gasteiger partial charge in [0, 0.05) is 30.7 Å². The van der Waals surface area contributed by atoms with Gasteiger partial charge in [-0.25, -0.2) is 0 Å². The Balaban J connectivity index is 1.53. The Bertz CT molecular complexity index is 644. The second kappa shape index (κ2) is 10.1. The first-order chi connectivity index (χ1) is 12.7. The van der Waals surface area contributed by atoms with Gasteiger partial charge in [0.2, 0.25) is 0 Å². The molecule has 0 bridgehead atoms. The first kappa shape index (κ1) is 19.4. The van der Waals surface area contributed by atoms with Crippen molar-refractivity contribution in [2.75, 3.05) is 26.3 Å². The molecule has 4 nitrogen and oxygen atoms in total. The molecule has 1 aliphatic rings. The van der Waals surface area contributed by atoms with E-state index in [9.17, 15) is 5.11 Å². The van der Waals surface area contributed by atoms with Crippen LogP contribution in [-0.2, 0) is 11.3 Å². The van der Waals surface area contributed by atoms with Crippen LogP contribution in [0, 0.1) is 0 Å². The van der Waals surface area contributed by atoms with Crippen molar-refractivity contribution in [2.45, 2.75) is 31.6 Å². The molecule has 140 valence electrons. The van der Waals surface area contributed by atoms with Gasteiger partial charge in [0.05, 0.1) is 6.10 Å². The highest BCUT2D eigenvalue weighted by atomic mass is 79.9. The minimum atomic E-state index is -0.552. The average molecular weight is 420 g/mol. The molecule has 3 rings (SSSR count). The summed E-state index contributed by atoms with van der Waals surface area (Å²) in [5.41, 5.74) is 1.24. The van der Waals surface area contributed by atoms with Crippen LogP contribution in [0.2, 0.25) is 0 Å². The number of nitrogens with zero attached hydrogens (tertiary/aromatic N) is 1. The van der Waals surface area contributed by atoms with E-state index in [0.717, 1.165) is 42.8 Å². The van der Waals surface area contributed by atoms with Gasteiger partial charge in [-0.1, -0.05) is 46.3 Å². The van der Waals surface area contributed by atoms with Crippen molar-refractivity contribution in [3.63, 3.8) is 0 Å². The summed E-state index contributed by atoms with van der Waals surface area (Å²) in [5.74, 6) is 0.765. The summed E-state index contributed by atoms with van der Waals surface area (Å²) < 4.78 is 12.5. The fourth-order valence-electron chi connectivity index (χ4n) is 3.20. The van der Waals surface area contributed by atoms with Gasteiger partial charge in [-0.2, -0.15) is 0 Å². The van der Waals surface area contributed by atoms with E-state index in [1.54, 1.807) is 0 Å². The molecule has 0 aromatic heterocycles. The predicted octanol–water partition coefficient (Wildman–Crippen LogP) is 3.87. The Labute approximate surface area is 163 Å². The third-order valence-electron chi connectivity index (χ3n) is 4.46. The molecule has 2 atom stereocenters. The minimum absolute atomic E-state index is 0.262. The van der Waals surface area contributed by atoms with Crippen molar-refractivity contribution in [3.8, 4) is 5.75 Å². The maximum Gasteiger partial charge on any atom is 0.119 e. The fraction of sp³-hybridized carbons (Fsp3) is 0.429. The van der Waals surface area contributed by atoms with E-state index in [4.69, 9.17) is 9.47 Å². The molecule has 1 N–H and O–H groups in total. The van der Waals surface area contributed by atoms with E-state index < -0.39 is 6.10 Å². The SMILES string of the molecule is OC(COc1ccc(Br)cc1)CN(Cc1ccccc1)CC1CCCO1. The number of benzene rings is 2. The van der Waals surface area contributed by atoms with E-state index in [1.165, 1.54) is 5.56 Å². The van der Waals surface area contributed by atoms with E-state index in [2.05, 4.69) is 33.0 Å². The average Bonchev–Trinajstić information content (AvgIpc) is 3.15. The van der Waals surface area contributed by atoms with Gasteiger partial charge in [0.15, 0.2) is 0 Å². The minimum Gasteiger partial charge on any atom is -0.491 e. The highest BCUT2D eigenvalue weighted by Crippen LogP contribution is 2.17. The van der Waals surface area contributed by atoms with Crippen LogP contribution in [0.15, 0.2) is 59.1 Å². The topological polar surface area (TPSA) is 41.9 Å². The maximum absolute atomic E-state index is 10.5. The summed E-state index contributed by atoms with van der Waals surface area (Å²) in [6, 6.07) is 18.0. The van der Waals surface area contributed by atoms with Crippen LogP contribution in [0.5, 0.6) is 5.75 Å². The number of halogens is 1. The molecule has 1 heterocycles. The van der Waals surface area contributed by atoms with Crippen molar-refractivity contribution in [1.82, 2.24) is 4.90 Å². The molecule has 5 heteroatoms. The standard InChI is InChI=1S/C21H26BrNO3/c22-18-8-10-20(11-9-18)26-16-19(24)14-23(15-21-7-4-12-25-21)13-17-5-2-1-3-6-17/h1-3,5-6,8-11,19,21,24H,4,7,12-16H2. The van der Waals surface area contributed by atoms with Crippen molar-refractivity contribution in [1.29, 1.82) is 0 Å². The maximum atomic E-state index is 10.5. The molecule has 2 unspecified atom stereocenters. The van der Waals surface area contributed by atoms with E-state index in [0.29, 0.717) is 6.54 Å². The zero-order valence-corrected chi connectivity index (χ0v) is 16.5. The molecule has 1 aliphatic heterocycles. The molecule has 1 fully saturated rings. The third kappa shape index (κ3) is 6.40. The van der Waals surface area contributed by atoms with Crippen molar-refractivity contribution < 1.29 is 14.6 Å². The molecule has 0 aliphatic carbocycles. The van der Waals surface area contributed by atoms with E-state index in [-0.39, 0.29) is 12.7 Å². The second-order valence-electron chi connectivity index (χ2n) is 6.73. The monoisotopic (exact) mass is 419 g/mol. The molecule has 0 spiro atoms. The van der Waals surface area contributed by atoms with Gasteiger partial charge < -0.3 is 14.6 Å².